The first-order valence-electron chi connectivity index (χ1n) is 11.7. The Morgan fingerprint density at radius 3 is 2.79 bits per heavy atom. The van der Waals surface area contributed by atoms with Crippen LogP contribution in [-0.4, -0.2) is 55.2 Å². The fourth-order valence-electron chi connectivity index (χ4n) is 4.64. The minimum absolute atomic E-state index is 0.233. The molecule has 0 atom stereocenters. The van der Waals surface area contributed by atoms with Crippen molar-refractivity contribution in [3.05, 3.63) is 53.1 Å². The van der Waals surface area contributed by atoms with Gasteiger partial charge in [-0.25, -0.2) is 13.4 Å². The zero-order valence-electron chi connectivity index (χ0n) is 18.6. The van der Waals surface area contributed by atoms with E-state index in [2.05, 4.69) is 30.0 Å². The number of amides is 1. The quantitative estimate of drug-likeness (QED) is 0.595. The van der Waals surface area contributed by atoms with Crippen LogP contribution < -0.4 is 5.32 Å². The summed E-state index contributed by atoms with van der Waals surface area (Å²) in [5.41, 5.74) is 2.69. The molecule has 0 radical (unpaired) electrons. The summed E-state index contributed by atoms with van der Waals surface area (Å²) in [5, 5.41) is 11.2. The third-order valence-corrected chi connectivity index (χ3v) is 9.02. The van der Waals surface area contributed by atoms with Crippen LogP contribution in [0.1, 0.15) is 53.1 Å². The minimum Gasteiger partial charge on any atom is -0.310 e. The van der Waals surface area contributed by atoms with E-state index < -0.39 is 15.9 Å². The molecule has 0 aromatic carbocycles. The van der Waals surface area contributed by atoms with Crippen molar-refractivity contribution in [2.75, 3.05) is 11.9 Å². The summed E-state index contributed by atoms with van der Waals surface area (Å²) in [5.74, 6) is 1.68. The lowest BCUT2D eigenvalue weighted by atomic mass is 10.0. The summed E-state index contributed by atoms with van der Waals surface area (Å²) in [7, 11) is -3.26. The predicted octanol–water partition coefficient (Wildman–Crippen LogP) is 2.17. The third-order valence-electron chi connectivity index (χ3n) is 6.68. The maximum absolute atomic E-state index is 12.9. The molecule has 6 rings (SSSR count). The number of sulfonamides is 1. The highest BCUT2D eigenvalue weighted by Gasteiger charge is 2.41. The lowest BCUT2D eigenvalue weighted by molar-refractivity contribution is 0.102. The molecule has 1 fully saturated rings. The van der Waals surface area contributed by atoms with E-state index in [4.69, 9.17) is 0 Å². The molecule has 10 nitrogen and oxygen atoms in total. The van der Waals surface area contributed by atoms with Crippen LogP contribution in [-0.2, 0) is 36.0 Å². The van der Waals surface area contributed by atoms with E-state index in [9.17, 15) is 13.2 Å². The van der Waals surface area contributed by atoms with Gasteiger partial charge >= 0.3 is 0 Å². The smallest absolute Gasteiger partial charge is 0.275 e. The highest BCUT2D eigenvalue weighted by Crippen LogP contribution is 2.33. The van der Waals surface area contributed by atoms with Gasteiger partial charge in [-0.1, -0.05) is 6.07 Å². The highest BCUT2D eigenvalue weighted by molar-refractivity contribution is 7.90. The Bertz CT molecular complexity index is 1380. The monoisotopic (exact) mass is 479 g/mol. The second-order valence-corrected chi connectivity index (χ2v) is 11.3. The average molecular weight is 480 g/mol. The number of carbonyl (C=O) groups excluding carboxylic acids is 1. The van der Waals surface area contributed by atoms with Crippen molar-refractivity contribution >= 4 is 21.7 Å². The first-order valence-corrected chi connectivity index (χ1v) is 13.2. The largest absolute Gasteiger partial charge is 0.310 e. The summed E-state index contributed by atoms with van der Waals surface area (Å²) < 4.78 is 28.9. The number of aromatic nitrogens is 5. The Morgan fingerprint density at radius 1 is 1.06 bits per heavy atom. The van der Waals surface area contributed by atoms with E-state index in [1.807, 2.05) is 12.1 Å². The predicted molar refractivity (Wildman–Crippen MR) is 124 cm³/mol. The molecule has 11 heteroatoms. The van der Waals surface area contributed by atoms with Crippen LogP contribution in [0.15, 0.2) is 30.5 Å². The number of hydrogen-bond acceptors (Lipinski definition) is 7. The second-order valence-electron chi connectivity index (χ2n) is 9.08. The van der Waals surface area contributed by atoms with Crippen LogP contribution >= 0.6 is 0 Å². The number of nitrogens with one attached hydrogen (secondary N) is 1. The number of rotatable bonds is 5. The second kappa shape index (κ2) is 8.24. The van der Waals surface area contributed by atoms with Crippen LogP contribution in [0.25, 0.3) is 11.5 Å². The van der Waals surface area contributed by atoms with Crippen molar-refractivity contribution in [3.63, 3.8) is 0 Å². The molecule has 1 N–H and O–H groups in total. The van der Waals surface area contributed by atoms with E-state index in [-0.39, 0.29) is 17.5 Å². The van der Waals surface area contributed by atoms with Crippen molar-refractivity contribution in [1.29, 1.82) is 0 Å². The molecule has 0 spiro atoms. The fourth-order valence-corrected chi connectivity index (χ4v) is 6.46. The van der Waals surface area contributed by atoms with E-state index in [1.54, 1.807) is 22.6 Å². The zero-order valence-corrected chi connectivity index (χ0v) is 19.5. The van der Waals surface area contributed by atoms with Crippen LogP contribution in [0.5, 0.6) is 0 Å². The van der Waals surface area contributed by atoms with Crippen LogP contribution in [0.3, 0.4) is 0 Å². The Balaban J connectivity index is 1.21. The van der Waals surface area contributed by atoms with E-state index in [1.165, 1.54) is 0 Å². The molecule has 2 aliphatic heterocycles. The van der Waals surface area contributed by atoms with Gasteiger partial charge in [0.1, 0.15) is 23.0 Å². The Morgan fingerprint density at radius 2 is 1.94 bits per heavy atom. The highest BCUT2D eigenvalue weighted by atomic mass is 32.2. The Labute approximate surface area is 197 Å². The molecule has 176 valence electrons. The fraction of sp³-hybridized carbons (Fsp3) is 0.435. The summed E-state index contributed by atoms with van der Waals surface area (Å²) in [6.45, 7) is 1.60. The van der Waals surface area contributed by atoms with E-state index >= 15 is 0 Å². The summed E-state index contributed by atoms with van der Waals surface area (Å²) in [4.78, 5) is 21.8. The molecule has 3 aromatic rings. The number of carbonyl (C=O) groups is 1. The number of aryl methyl sites for hydroxylation is 1. The van der Waals surface area contributed by atoms with Crippen molar-refractivity contribution in [1.82, 2.24) is 29.0 Å². The average Bonchev–Trinajstić information content (AvgIpc) is 3.64. The lowest BCUT2D eigenvalue weighted by Gasteiger charge is -2.28. The lowest BCUT2D eigenvalue weighted by Crippen LogP contribution is -2.38. The normalized spacial score (nSPS) is 18.2. The molecule has 1 saturated carbocycles. The number of nitrogens with zero attached hydrogens (tertiary/aromatic N) is 6. The van der Waals surface area contributed by atoms with Crippen molar-refractivity contribution in [2.24, 2.45) is 0 Å². The van der Waals surface area contributed by atoms with Crippen molar-refractivity contribution < 1.29 is 13.2 Å². The van der Waals surface area contributed by atoms with Crippen molar-refractivity contribution in [3.8, 4) is 11.5 Å². The molecule has 1 aliphatic carbocycles. The molecule has 5 heterocycles. The topological polar surface area (TPSA) is 123 Å². The van der Waals surface area contributed by atoms with E-state index in [0.29, 0.717) is 30.3 Å². The molecule has 0 unspecified atom stereocenters. The van der Waals surface area contributed by atoms with Crippen molar-refractivity contribution in [2.45, 2.75) is 56.9 Å². The standard InChI is InChI=1S/C23H25N7O3S/c31-23(19-12-16-14-29(11-9-15(16)13-24-19)34(32,33)17-7-8-17)26-20-5-3-4-18(25-20)22-28-27-21-6-1-2-10-30(21)22/h3-5,12-13,17H,1-2,6-11,14H2,(H,25,26,31). The first-order chi connectivity index (χ1) is 16.5. The van der Waals surface area contributed by atoms with Gasteiger partial charge in [-0.15, -0.1) is 10.2 Å². The van der Waals surface area contributed by atoms with Gasteiger partial charge in [0.2, 0.25) is 10.0 Å². The Hall–Kier alpha value is -3.18. The molecule has 3 aromatic heterocycles. The minimum atomic E-state index is -3.26. The van der Waals surface area contributed by atoms with Gasteiger partial charge in [-0.2, -0.15) is 4.31 Å². The first kappa shape index (κ1) is 21.4. The molecule has 1 amide bonds. The molecular formula is C23H25N7O3S. The van der Waals surface area contributed by atoms with Crippen LogP contribution in [0.4, 0.5) is 5.82 Å². The molecular weight excluding hydrogens is 454 g/mol. The number of pyridine rings is 2. The third kappa shape index (κ3) is 3.88. The van der Waals surface area contributed by atoms with E-state index in [0.717, 1.165) is 55.6 Å². The number of hydrogen-bond donors (Lipinski definition) is 1. The molecule has 0 bridgehead atoms. The Kier molecular flexibility index (Phi) is 5.18. The van der Waals surface area contributed by atoms with Gasteiger partial charge in [0.15, 0.2) is 5.82 Å². The summed E-state index contributed by atoms with van der Waals surface area (Å²) >= 11 is 0. The summed E-state index contributed by atoms with van der Waals surface area (Å²) in [6.07, 6.45) is 6.85. The van der Waals surface area contributed by atoms with Crippen LogP contribution in [0.2, 0.25) is 0 Å². The molecule has 0 saturated heterocycles. The summed E-state index contributed by atoms with van der Waals surface area (Å²) in [6, 6.07) is 7.09. The maximum atomic E-state index is 12.9. The van der Waals surface area contributed by atoms with Gasteiger partial charge in [0, 0.05) is 32.3 Å². The van der Waals surface area contributed by atoms with Crippen LogP contribution in [0, 0.1) is 0 Å². The van der Waals surface area contributed by atoms with Gasteiger partial charge < -0.3 is 9.88 Å². The SMILES string of the molecule is O=C(Nc1cccc(-c2nnc3n2CCCC3)n1)c1cc2c(cn1)CCN(S(=O)(=O)C1CC1)C2. The molecule has 34 heavy (non-hydrogen) atoms. The van der Waals surface area contributed by atoms with Gasteiger partial charge in [0.25, 0.3) is 5.91 Å². The van der Waals surface area contributed by atoms with Gasteiger partial charge in [-0.05, 0) is 61.4 Å². The number of fused-ring (bicyclic) bond motifs is 2. The van der Waals surface area contributed by atoms with Gasteiger partial charge in [-0.3, -0.25) is 9.78 Å². The maximum Gasteiger partial charge on any atom is 0.275 e. The molecule has 3 aliphatic rings. The van der Waals surface area contributed by atoms with Gasteiger partial charge in [0.05, 0.1) is 5.25 Å². The number of anilines is 1. The zero-order chi connectivity index (χ0) is 23.3.